The monoisotopic (exact) mass is 411 g/mol. The lowest BCUT2D eigenvalue weighted by molar-refractivity contribution is -0.118. The van der Waals surface area contributed by atoms with Gasteiger partial charge in [0, 0.05) is 0 Å². The first-order chi connectivity index (χ1) is 14.0. The van der Waals surface area contributed by atoms with Crippen LogP contribution in [-0.2, 0) is 4.79 Å². The molecule has 1 N–H and O–H groups in total. The molecule has 0 saturated carbocycles. The van der Waals surface area contributed by atoms with E-state index in [0.29, 0.717) is 18.3 Å². The van der Waals surface area contributed by atoms with Crippen molar-refractivity contribution in [3.8, 4) is 11.4 Å². The highest BCUT2D eigenvalue weighted by Gasteiger charge is 2.14. The molecule has 7 nitrogen and oxygen atoms in total. The fourth-order valence-corrected chi connectivity index (χ4v) is 3.75. The third-order valence-corrected chi connectivity index (χ3v) is 5.36. The van der Waals surface area contributed by atoms with Crippen molar-refractivity contribution in [2.45, 2.75) is 32.9 Å². The molecule has 3 aromatic rings. The first-order valence-corrected chi connectivity index (χ1v) is 10.4. The summed E-state index contributed by atoms with van der Waals surface area (Å²) in [5.74, 6) is 0.983. The molecule has 152 valence electrons. The first-order valence-electron chi connectivity index (χ1n) is 9.40. The number of hydrogen-bond acceptors (Lipinski definition) is 6. The number of thioether (sulfide) groups is 1. The molecule has 0 aliphatic carbocycles. The summed E-state index contributed by atoms with van der Waals surface area (Å²) in [6.07, 6.45) is 0. The second-order valence-electron chi connectivity index (χ2n) is 6.87. The van der Waals surface area contributed by atoms with Gasteiger partial charge < -0.3 is 10.1 Å². The highest BCUT2D eigenvalue weighted by Crippen LogP contribution is 2.23. The third kappa shape index (κ3) is 5.35. The van der Waals surface area contributed by atoms with Gasteiger partial charge in [0.05, 0.1) is 18.0 Å². The van der Waals surface area contributed by atoms with Gasteiger partial charge in [-0.1, -0.05) is 47.7 Å². The molecule has 0 radical (unpaired) electrons. The SMILES string of the molecule is Cc1ccc(OCCNC(=O)CSc2nnnn2-c2c(C)cccc2C)c(C)c1. The Morgan fingerprint density at radius 3 is 2.59 bits per heavy atom. The molecule has 3 rings (SSSR count). The van der Waals surface area contributed by atoms with Crippen molar-refractivity contribution < 1.29 is 9.53 Å². The number of carbonyl (C=O) groups is 1. The van der Waals surface area contributed by atoms with Crippen LogP contribution in [0.4, 0.5) is 0 Å². The Morgan fingerprint density at radius 2 is 1.86 bits per heavy atom. The van der Waals surface area contributed by atoms with Gasteiger partial charge in [-0.15, -0.1) is 5.10 Å². The van der Waals surface area contributed by atoms with Crippen molar-refractivity contribution in [1.82, 2.24) is 25.5 Å². The maximum atomic E-state index is 12.2. The normalized spacial score (nSPS) is 10.8. The van der Waals surface area contributed by atoms with Crippen LogP contribution in [0, 0.1) is 27.7 Å². The zero-order valence-corrected chi connectivity index (χ0v) is 17.9. The van der Waals surface area contributed by atoms with E-state index in [1.54, 1.807) is 4.68 Å². The van der Waals surface area contributed by atoms with Gasteiger partial charge in [0.2, 0.25) is 11.1 Å². The summed E-state index contributed by atoms with van der Waals surface area (Å²) < 4.78 is 7.42. The van der Waals surface area contributed by atoms with Gasteiger partial charge in [0.1, 0.15) is 12.4 Å². The number of amides is 1. The molecule has 8 heteroatoms. The van der Waals surface area contributed by atoms with E-state index in [1.165, 1.54) is 17.3 Å². The molecule has 0 spiro atoms. The van der Waals surface area contributed by atoms with Crippen LogP contribution in [-0.4, -0.2) is 45.0 Å². The molecular weight excluding hydrogens is 386 g/mol. The number of benzene rings is 2. The topological polar surface area (TPSA) is 81.9 Å². The van der Waals surface area contributed by atoms with E-state index in [-0.39, 0.29) is 11.7 Å². The van der Waals surface area contributed by atoms with Gasteiger partial charge in [-0.2, -0.15) is 4.68 Å². The highest BCUT2D eigenvalue weighted by molar-refractivity contribution is 7.99. The van der Waals surface area contributed by atoms with Crippen LogP contribution in [0.3, 0.4) is 0 Å². The van der Waals surface area contributed by atoms with Gasteiger partial charge in [-0.25, -0.2) is 0 Å². The van der Waals surface area contributed by atoms with Gasteiger partial charge >= 0.3 is 0 Å². The van der Waals surface area contributed by atoms with E-state index < -0.39 is 0 Å². The Balaban J connectivity index is 1.49. The number of para-hydroxylation sites is 1. The standard InChI is InChI=1S/C21H25N5O2S/c1-14-8-9-18(17(4)12-14)28-11-10-22-19(27)13-29-21-23-24-25-26(21)20-15(2)6-5-7-16(20)3/h5-9,12H,10-11,13H2,1-4H3,(H,22,27). The molecule has 0 saturated heterocycles. The number of rotatable bonds is 8. The number of carbonyl (C=O) groups excluding carboxylic acids is 1. The first kappa shape index (κ1) is 20.9. The van der Waals surface area contributed by atoms with Crippen molar-refractivity contribution in [2.24, 2.45) is 0 Å². The van der Waals surface area contributed by atoms with E-state index in [1.807, 2.05) is 58.0 Å². The summed E-state index contributed by atoms with van der Waals surface area (Å²) >= 11 is 1.31. The molecule has 0 aliphatic heterocycles. The summed E-state index contributed by atoms with van der Waals surface area (Å²) in [5.41, 5.74) is 5.38. The Kier molecular flexibility index (Phi) is 6.87. The largest absolute Gasteiger partial charge is 0.491 e. The van der Waals surface area contributed by atoms with E-state index in [2.05, 4.69) is 26.9 Å². The van der Waals surface area contributed by atoms with Crippen LogP contribution < -0.4 is 10.1 Å². The summed E-state index contributed by atoms with van der Waals surface area (Å²) in [6, 6.07) is 12.1. The summed E-state index contributed by atoms with van der Waals surface area (Å²) in [4.78, 5) is 12.2. The number of hydrogen-bond donors (Lipinski definition) is 1. The van der Waals surface area contributed by atoms with Gasteiger partial charge in [0.25, 0.3) is 0 Å². The molecule has 1 amide bonds. The van der Waals surface area contributed by atoms with Crippen molar-refractivity contribution in [2.75, 3.05) is 18.9 Å². The van der Waals surface area contributed by atoms with Crippen LogP contribution in [0.1, 0.15) is 22.3 Å². The maximum absolute atomic E-state index is 12.2. The van der Waals surface area contributed by atoms with E-state index in [9.17, 15) is 4.79 Å². The fourth-order valence-electron chi connectivity index (χ4n) is 3.04. The molecule has 0 atom stereocenters. The lowest BCUT2D eigenvalue weighted by Gasteiger charge is -2.11. The predicted molar refractivity (Wildman–Crippen MR) is 114 cm³/mol. The van der Waals surface area contributed by atoms with E-state index >= 15 is 0 Å². The third-order valence-electron chi connectivity index (χ3n) is 4.44. The minimum atomic E-state index is -0.0877. The molecule has 0 aliphatic rings. The molecular formula is C21H25N5O2S. The van der Waals surface area contributed by atoms with Crippen molar-refractivity contribution in [1.29, 1.82) is 0 Å². The smallest absolute Gasteiger partial charge is 0.230 e. The van der Waals surface area contributed by atoms with Crippen LogP contribution in [0.5, 0.6) is 5.75 Å². The van der Waals surface area contributed by atoms with Gasteiger partial charge in [0.15, 0.2) is 0 Å². The van der Waals surface area contributed by atoms with Crippen LogP contribution in [0.2, 0.25) is 0 Å². The second-order valence-corrected chi connectivity index (χ2v) is 7.81. The summed E-state index contributed by atoms with van der Waals surface area (Å²) in [6.45, 7) is 8.94. The minimum absolute atomic E-state index is 0.0877. The number of tetrazole rings is 1. The number of nitrogens with zero attached hydrogens (tertiary/aromatic N) is 4. The van der Waals surface area contributed by atoms with Crippen LogP contribution in [0.15, 0.2) is 41.6 Å². The Bertz CT molecular complexity index is 982. The lowest BCUT2D eigenvalue weighted by atomic mass is 10.1. The average Bonchev–Trinajstić information content (AvgIpc) is 3.13. The molecule has 1 aromatic heterocycles. The summed E-state index contributed by atoms with van der Waals surface area (Å²) in [5, 5.41) is 15.4. The molecule has 1 heterocycles. The van der Waals surface area contributed by atoms with Crippen LogP contribution in [0.25, 0.3) is 5.69 Å². The number of aryl methyl sites for hydroxylation is 4. The van der Waals surface area contributed by atoms with E-state index in [0.717, 1.165) is 28.1 Å². The molecule has 0 bridgehead atoms. The Morgan fingerprint density at radius 1 is 1.10 bits per heavy atom. The number of ether oxygens (including phenoxy) is 1. The van der Waals surface area contributed by atoms with E-state index in [4.69, 9.17) is 4.74 Å². The molecule has 29 heavy (non-hydrogen) atoms. The molecule has 0 fully saturated rings. The van der Waals surface area contributed by atoms with Gasteiger partial charge in [-0.3, -0.25) is 4.79 Å². The Hall–Kier alpha value is -2.87. The fraction of sp³-hybridized carbons (Fsp3) is 0.333. The summed E-state index contributed by atoms with van der Waals surface area (Å²) in [7, 11) is 0. The van der Waals surface area contributed by atoms with Crippen LogP contribution >= 0.6 is 11.8 Å². The molecule has 2 aromatic carbocycles. The number of aromatic nitrogens is 4. The Labute approximate surface area is 174 Å². The predicted octanol–water partition coefficient (Wildman–Crippen LogP) is 3.18. The zero-order valence-electron chi connectivity index (χ0n) is 17.1. The van der Waals surface area contributed by atoms with Crippen molar-refractivity contribution >= 4 is 17.7 Å². The highest BCUT2D eigenvalue weighted by atomic mass is 32.2. The van der Waals surface area contributed by atoms with Crippen molar-refractivity contribution in [3.63, 3.8) is 0 Å². The molecule has 0 unspecified atom stereocenters. The lowest BCUT2D eigenvalue weighted by Crippen LogP contribution is -2.29. The maximum Gasteiger partial charge on any atom is 0.230 e. The second kappa shape index (κ2) is 9.56. The minimum Gasteiger partial charge on any atom is -0.491 e. The number of nitrogens with one attached hydrogen (secondary N) is 1. The zero-order chi connectivity index (χ0) is 20.8. The average molecular weight is 412 g/mol. The van der Waals surface area contributed by atoms with Crippen molar-refractivity contribution in [3.05, 3.63) is 58.7 Å². The quantitative estimate of drug-likeness (QED) is 0.453. The van der Waals surface area contributed by atoms with Gasteiger partial charge in [-0.05, 0) is 60.9 Å².